The van der Waals surface area contributed by atoms with Crippen molar-refractivity contribution in [2.24, 2.45) is 11.3 Å². The van der Waals surface area contributed by atoms with Crippen molar-refractivity contribution in [3.05, 3.63) is 35.4 Å². The molecule has 1 aromatic rings. The van der Waals surface area contributed by atoms with Gasteiger partial charge in [0.2, 0.25) is 0 Å². The summed E-state index contributed by atoms with van der Waals surface area (Å²) in [5.74, 6) is -0.368. The first-order chi connectivity index (χ1) is 8.04. The minimum absolute atomic E-state index is 0.317. The molecule has 1 aliphatic carbocycles. The molecular weight excluding hydrogens is 220 g/mol. The fraction of sp³-hybridized carbons (Fsp3) is 0.500. The van der Waals surface area contributed by atoms with Gasteiger partial charge in [-0.05, 0) is 55.4 Å². The van der Waals surface area contributed by atoms with E-state index in [-0.39, 0.29) is 0 Å². The molecular formula is C14H15F2N. The molecule has 2 rings (SSSR count). The lowest BCUT2D eigenvalue weighted by atomic mass is 9.81. The first kappa shape index (κ1) is 12.0. The molecule has 1 aromatic carbocycles. The van der Waals surface area contributed by atoms with Crippen molar-refractivity contribution in [1.29, 1.82) is 5.26 Å². The highest BCUT2D eigenvalue weighted by Crippen LogP contribution is 2.43. The Morgan fingerprint density at radius 2 is 2.24 bits per heavy atom. The predicted molar refractivity (Wildman–Crippen MR) is 61.1 cm³/mol. The Bertz CT molecular complexity index is 464. The number of hydrogen-bond donors (Lipinski definition) is 0. The van der Waals surface area contributed by atoms with Gasteiger partial charge in [-0.25, -0.2) is 8.78 Å². The van der Waals surface area contributed by atoms with Gasteiger partial charge < -0.3 is 0 Å². The van der Waals surface area contributed by atoms with Crippen molar-refractivity contribution in [3.8, 4) is 6.07 Å². The zero-order valence-electron chi connectivity index (χ0n) is 9.84. The van der Waals surface area contributed by atoms with E-state index in [9.17, 15) is 14.0 Å². The molecule has 1 saturated carbocycles. The summed E-state index contributed by atoms with van der Waals surface area (Å²) in [5.41, 5.74) is -0.186. The van der Waals surface area contributed by atoms with Crippen LogP contribution in [-0.4, -0.2) is 0 Å². The van der Waals surface area contributed by atoms with Gasteiger partial charge in [0.1, 0.15) is 11.6 Å². The van der Waals surface area contributed by atoms with Crippen LogP contribution in [0.1, 0.15) is 31.7 Å². The van der Waals surface area contributed by atoms with Gasteiger partial charge >= 0.3 is 0 Å². The molecule has 0 bridgehead atoms. The molecule has 3 heteroatoms. The molecule has 90 valence electrons. The molecule has 0 spiro atoms. The quantitative estimate of drug-likeness (QED) is 0.764. The zero-order chi connectivity index (χ0) is 12.5. The van der Waals surface area contributed by atoms with Gasteiger partial charge in [-0.1, -0.05) is 6.92 Å². The van der Waals surface area contributed by atoms with E-state index < -0.39 is 17.0 Å². The minimum Gasteiger partial charge on any atom is -0.207 e. The van der Waals surface area contributed by atoms with Crippen LogP contribution in [-0.2, 0) is 6.42 Å². The highest BCUT2D eigenvalue weighted by molar-refractivity contribution is 5.23. The molecule has 0 radical (unpaired) electrons. The molecule has 1 aliphatic rings. The van der Waals surface area contributed by atoms with E-state index in [1.54, 1.807) is 0 Å². The lowest BCUT2D eigenvalue weighted by Gasteiger charge is -2.20. The molecule has 0 amide bonds. The van der Waals surface area contributed by atoms with Crippen molar-refractivity contribution in [1.82, 2.24) is 0 Å². The summed E-state index contributed by atoms with van der Waals surface area (Å²) >= 11 is 0. The predicted octanol–water partition coefficient (Wildman–Crippen LogP) is 3.84. The van der Waals surface area contributed by atoms with Crippen LogP contribution in [0.2, 0.25) is 0 Å². The van der Waals surface area contributed by atoms with Crippen LogP contribution in [0.4, 0.5) is 8.78 Å². The molecule has 0 heterocycles. The van der Waals surface area contributed by atoms with Crippen molar-refractivity contribution < 1.29 is 8.78 Å². The monoisotopic (exact) mass is 235 g/mol. The standard InChI is InChI=1S/C14H15F2N/c1-10-4-5-14(7-10,9-17)8-11-6-12(15)2-3-13(11)16/h2-3,6,10H,4-5,7-8H2,1H3. The van der Waals surface area contributed by atoms with E-state index in [4.69, 9.17) is 0 Å². The highest BCUT2D eigenvalue weighted by atomic mass is 19.1. The lowest BCUT2D eigenvalue weighted by Crippen LogP contribution is -2.18. The molecule has 2 unspecified atom stereocenters. The van der Waals surface area contributed by atoms with Gasteiger partial charge in [0, 0.05) is 0 Å². The molecule has 0 saturated heterocycles. The first-order valence-corrected chi connectivity index (χ1v) is 5.90. The summed E-state index contributed by atoms with van der Waals surface area (Å²) in [6, 6.07) is 5.76. The van der Waals surface area contributed by atoms with Gasteiger partial charge in [-0.15, -0.1) is 0 Å². The second-order valence-corrected chi connectivity index (χ2v) is 5.15. The maximum atomic E-state index is 13.6. The van der Waals surface area contributed by atoms with Crippen molar-refractivity contribution in [2.75, 3.05) is 0 Å². The minimum atomic E-state index is -0.506. The van der Waals surface area contributed by atoms with E-state index in [2.05, 4.69) is 13.0 Å². The van der Waals surface area contributed by atoms with Gasteiger partial charge in [0.15, 0.2) is 0 Å². The smallest absolute Gasteiger partial charge is 0.126 e. The van der Waals surface area contributed by atoms with Gasteiger partial charge in [-0.3, -0.25) is 0 Å². The third-order valence-electron chi connectivity index (χ3n) is 3.63. The van der Waals surface area contributed by atoms with E-state index >= 15 is 0 Å². The average Bonchev–Trinajstić information content (AvgIpc) is 2.66. The summed E-state index contributed by atoms with van der Waals surface area (Å²) < 4.78 is 26.6. The Kier molecular flexibility index (Phi) is 3.15. The topological polar surface area (TPSA) is 23.8 Å². The molecule has 2 atom stereocenters. The fourth-order valence-electron chi connectivity index (χ4n) is 2.74. The fourth-order valence-corrected chi connectivity index (χ4v) is 2.74. The van der Waals surface area contributed by atoms with Crippen LogP contribution < -0.4 is 0 Å². The summed E-state index contributed by atoms with van der Waals surface area (Å²) in [6.07, 6.45) is 2.86. The van der Waals surface area contributed by atoms with E-state index in [1.807, 2.05) is 0 Å². The second kappa shape index (κ2) is 4.44. The summed E-state index contributed by atoms with van der Waals surface area (Å²) in [6.45, 7) is 2.10. The molecule has 0 aromatic heterocycles. The maximum Gasteiger partial charge on any atom is 0.126 e. The van der Waals surface area contributed by atoms with E-state index in [0.29, 0.717) is 17.9 Å². The van der Waals surface area contributed by atoms with Gasteiger partial charge in [-0.2, -0.15) is 5.26 Å². The van der Waals surface area contributed by atoms with E-state index in [1.165, 1.54) is 6.07 Å². The molecule has 1 nitrogen and oxygen atoms in total. The number of hydrogen-bond acceptors (Lipinski definition) is 1. The second-order valence-electron chi connectivity index (χ2n) is 5.15. The summed E-state index contributed by atoms with van der Waals surface area (Å²) in [7, 11) is 0. The number of benzene rings is 1. The van der Waals surface area contributed by atoms with Crippen molar-refractivity contribution in [3.63, 3.8) is 0 Å². The Balaban J connectivity index is 2.25. The zero-order valence-corrected chi connectivity index (χ0v) is 9.84. The number of rotatable bonds is 2. The highest BCUT2D eigenvalue weighted by Gasteiger charge is 2.38. The molecule has 1 fully saturated rings. The lowest BCUT2D eigenvalue weighted by molar-refractivity contribution is 0.383. The summed E-state index contributed by atoms with van der Waals surface area (Å²) in [4.78, 5) is 0. The normalized spacial score (nSPS) is 28.0. The first-order valence-electron chi connectivity index (χ1n) is 5.90. The van der Waals surface area contributed by atoms with Gasteiger partial charge in [0.05, 0.1) is 11.5 Å². The van der Waals surface area contributed by atoms with Crippen LogP contribution in [0.25, 0.3) is 0 Å². The maximum absolute atomic E-state index is 13.6. The SMILES string of the molecule is CC1CCC(C#N)(Cc2cc(F)ccc2F)C1. The van der Waals surface area contributed by atoms with Crippen molar-refractivity contribution >= 4 is 0 Å². The molecule has 17 heavy (non-hydrogen) atoms. The largest absolute Gasteiger partial charge is 0.207 e. The number of halogens is 2. The Morgan fingerprint density at radius 1 is 1.47 bits per heavy atom. The Hall–Kier alpha value is -1.43. The average molecular weight is 235 g/mol. The third-order valence-corrected chi connectivity index (χ3v) is 3.63. The number of nitrogens with zero attached hydrogens (tertiary/aromatic N) is 1. The van der Waals surface area contributed by atoms with Crippen molar-refractivity contribution in [2.45, 2.75) is 32.6 Å². The van der Waals surface area contributed by atoms with Crippen LogP contribution >= 0.6 is 0 Å². The van der Waals surface area contributed by atoms with Gasteiger partial charge in [0.25, 0.3) is 0 Å². The molecule has 0 aliphatic heterocycles. The van der Waals surface area contributed by atoms with Crippen LogP contribution in [0.15, 0.2) is 18.2 Å². The third kappa shape index (κ3) is 2.46. The van der Waals surface area contributed by atoms with Crippen LogP contribution in [0.5, 0.6) is 0 Å². The number of nitriles is 1. The van der Waals surface area contributed by atoms with Crippen LogP contribution in [0, 0.1) is 34.3 Å². The van der Waals surface area contributed by atoms with E-state index in [0.717, 1.165) is 31.4 Å². The van der Waals surface area contributed by atoms with Crippen LogP contribution in [0.3, 0.4) is 0 Å². The molecule has 0 N–H and O–H groups in total. The Labute approximate surface area is 100 Å². The summed E-state index contributed by atoms with van der Waals surface area (Å²) in [5, 5.41) is 9.29. The Morgan fingerprint density at radius 3 is 2.82 bits per heavy atom.